The predicted molar refractivity (Wildman–Crippen MR) is 73.9 cm³/mol. The Bertz CT molecular complexity index is 502. The fourth-order valence-electron chi connectivity index (χ4n) is 2.46. The van der Waals surface area contributed by atoms with E-state index in [4.69, 9.17) is 0 Å². The molecule has 3 nitrogen and oxygen atoms in total. The van der Waals surface area contributed by atoms with Gasteiger partial charge in [-0.2, -0.15) is 4.37 Å². The van der Waals surface area contributed by atoms with E-state index >= 15 is 0 Å². The van der Waals surface area contributed by atoms with E-state index in [1.165, 1.54) is 22.9 Å². The van der Waals surface area contributed by atoms with Gasteiger partial charge in [0.05, 0.1) is 4.70 Å². The van der Waals surface area contributed by atoms with Crippen molar-refractivity contribution in [1.29, 1.82) is 0 Å². The van der Waals surface area contributed by atoms with Crippen LogP contribution in [0.4, 0.5) is 5.82 Å². The molecule has 0 spiro atoms. The van der Waals surface area contributed by atoms with Crippen LogP contribution in [0.2, 0.25) is 0 Å². The molecular weight excluding hydrogens is 230 g/mol. The van der Waals surface area contributed by atoms with Gasteiger partial charge in [-0.25, -0.2) is 0 Å². The molecule has 1 saturated heterocycles. The van der Waals surface area contributed by atoms with E-state index in [0.29, 0.717) is 6.04 Å². The molecule has 0 amide bonds. The SMILES string of the molecule is CN(c1nsc2ccccc12)C1CCCNC1. The molecule has 0 radical (unpaired) electrons. The third kappa shape index (κ3) is 2.03. The minimum Gasteiger partial charge on any atom is -0.354 e. The second-order valence-electron chi connectivity index (χ2n) is 4.61. The van der Waals surface area contributed by atoms with Crippen molar-refractivity contribution in [3.63, 3.8) is 0 Å². The lowest BCUT2D eigenvalue weighted by Crippen LogP contribution is -2.44. The third-order valence-electron chi connectivity index (χ3n) is 3.51. The van der Waals surface area contributed by atoms with Crippen molar-refractivity contribution in [2.24, 2.45) is 0 Å². The quantitative estimate of drug-likeness (QED) is 0.883. The Morgan fingerprint density at radius 3 is 3.12 bits per heavy atom. The number of hydrogen-bond acceptors (Lipinski definition) is 4. The first-order valence-corrected chi connectivity index (χ1v) is 6.91. The highest BCUT2D eigenvalue weighted by atomic mass is 32.1. The molecule has 3 rings (SSSR count). The number of piperidine rings is 1. The second kappa shape index (κ2) is 4.63. The van der Waals surface area contributed by atoms with Gasteiger partial charge in [0.2, 0.25) is 0 Å². The third-order valence-corrected chi connectivity index (χ3v) is 4.33. The summed E-state index contributed by atoms with van der Waals surface area (Å²) < 4.78 is 5.89. The maximum Gasteiger partial charge on any atom is 0.150 e. The molecule has 0 aliphatic carbocycles. The van der Waals surface area contributed by atoms with Crippen LogP contribution in [0.5, 0.6) is 0 Å². The Labute approximate surface area is 106 Å². The van der Waals surface area contributed by atoms with E-state index in [9.17, 15) is 0 Å². The molecular formula is C13H17N3S. The fraction of sp³-hybridized carbons (Fsp3) is 0.462. The zero-order chi connectivity index (χ0) is 11.7. The van der Waals surface area contributed by atoms with Crippen molar-refractivity contribution in [1.82, 2.24) is 9.69 Å². The van der Waals surface area contributed by atoms with Crippen LogP contribution in [0, 0.1) is 0 Å². The predicted octanol–water partition coefficient (Wildman–Crippen LogP) is 2.48. The molecule has 0 bridgehead atoms. The first-order valence-electron chi connectivity index (χ1n) is 6.14. The summed E-state index contributed by atoms with van der Waals surface area (Å²) in [7, 11) is 2.17. The number of fused-ring (bicyclic) bond motifs is 1. The van der Waals surface area contributed by atoms with Crippen molar-refractivity contribution in [3.8, 4) is 0 Å². The molecule has 1 aliphatic heterocycles. The van der Waals surface area contributed by atoms with Crippen LogP contribution < -0.4 is 10.2 Å². The molecule has 1 N–H and O–H groups in total. The summed E-state index contributed by atoms with van der Waals surface area (Å²) in [5.74, 6) is 1.14. The van der Waals surface area contributed by atoms with Crippen LogP contribution in [0.15, 0.2) is 24.3 Å². The normalized spacial score (nSPS) is 20.6. The van der Waals surface area contributed by atoms with Gasteiger partial charge in [0, 0.05) is 25.0 Å². The van der Waals surface area contributed by atoms with Gasteiger partial charge in [0.15, 0.2) is 0 Å². The number of benzene rings is 1. The Morgan fingerprint density at radius 2 is 2.29 bits per heavy atom. The summed E-state index contributed by atoms with van der Waals surface area (Å²) in [5.41, 5.74) is 0. The highest BCUT2D eigenvalue weighted by Gasteiger charge is 2.21. The van der Waals surface area contributed by atoms with Gasteiger partial charge in [-0.15, -0.1) is 0 Å². The van der Waals surface area contributed by atoms with Crippen molar-refractivity contribution in [3.05, 3.63) is 24.3 Å². The van der Waals surface area contributed by atoms with E-state index in [1.54, 1.807) is 11.5 Å². The number of anilines is 1. The zero-order valence-electron chi connectivity index (χ0n) is 10.0. The molecule has 1 aromatic carbocycles. The lowest BCUT2D eigenvalue weighted by Gasteiger charge is -2.32. The minimum atomic E-state index is 0.578. The Balaban J connectivity index is 1.92. The van der Waals surface area contributed by atoms with Crippen LogP contribution in [0.1, 0.15) is 12.8 Å². The molecule has 2 aromatic rings. The van der Waals surface area contributed by atoms with E-state index < -0.39 is 0 Å². The molecule has 0 saturated carbocycles. The number of aromatic nitrogens is 1. The molecule has 90 valence electrons. The second-order valence-corrected chi connectivity index (χ2v) is 5.42. The lowest BCUT2D eigenvalue weighted by molar-refractivity contribution is 0.444. The van der Waals surface area contributed by atoms with E-state index in [0.717, 1.165) is 18.9 Å². The van der Waals surface area contributed by atoms with Gasteiger partial charge in [0.1, 0.15) is 5.82 Å². The summed E-state index contributed by atoms with van der Waals surface area (Å²) in [6, 6.07) is 9.05. The van der Waals surface area contributed by atoms with E-state index in [2.05, 4.69) is 45.9 Å². The smallest absolute Gasteiger partial charge is 0.150 e. The number of hydrogen-bond donors (Lipinski definition) is 1. The average molecular weight is 247 g/mol. The van der Waals surface area contributed by atoms with Gasteiger partial charge < -0.3 is 10.2 Å². The van der Waals surface area contributed by atoms with Crippen LogP contribution in [-0.4, -0.2) is 30.6 Å². The standard InChI is InChI=1S/C13H17N3S/c1-16(10-5-4-8-14-9-10)13-11-6-2-3-7-12(11)17-15-13/h2-3,6-7,10,14H,4-5,8-9H2,1H3. The molecule has 2 heterocycles. The molecule has 1 aliphatic rings. The minimum absolute atomic E-state index is 0.578. The highest BCUT2D eigenvalue weighted by Crippen LogP contribution is 2.30. The summed E-state index contributed by atoms with van der Waals surface area (Å²) >= 11 is 1.59. The van der Waals surface area contributed by atoms with Crippen LogP contribution in [0.3, 0.4) is 0 Å². The van der Waals surface area contributed by atoms with E-state index in [1.807, 2.05) is 0 Å². The Kier molecular flexibility index (Phi) is 2.99. The van der Waals surface area contributed by atoms with Crippen molar-refractivity contribution >= 4 is 27.4 Å². The Morgan fingerprint density at radius 1 is 1.41 bits per heavy atom. The number of rotatable bonds is 2. The number of nitrogens with zero attached hydrogens (tertiary/aromatic N) is 2. The van der Waals surface area contributed by atoms with E-state index in [-0.39, 0.29) is 0 Å². The molecule has 17 heavy (non-hydrogen) atoms. The summed E-state index contributed by atoms with van der Waals surface area (Å²) in [6.45, 7) is 2.23. The monoisotopic (exact) mass is 247 g/mol. The topological polar surface area (TPSA) is 28.2 Å². The first kappa shape index (κ1) is 11.0. The zero-order valence-corrected chi connectivity index (χ0v) is 10.8. The largest absolute Gasteiger partial charge is 0.354 e. The van der Waals surface area contributed by atoms with Gasteiger partial charge in [-0.05, 0) is 43.1 Å². The lowest BCUT2D eigenvalue weighted by atomic mass is 10.1. The fourth-order valence-corrected chi connectivity index (χ4v) is 3.27. The summed E-state index contributed by atoms with van der Waals surface area (Å²) in [5, 5.41) is 4.74. The Hall–Kier alpha value is -1.13. The number of nitrogens with one attached hydrogen (secondary N) is 1. The molecule has 1 aromatic heterocycles. The van der Waals surface area contributed by atoms with Crippen LogP contribution >= 0.6 is 11.5 Å². The highest BCUT2D eigenvalue weighted by molar-refractivity contribution is 7.13. The first-order chi connectivity index (χ1) is 8.36. The van der Waals surface area contributed by atoms with Crippen LogP contribution in [-0.2, 0) is 0 Å². The molecule has 1 unspecified atom stereocenters. The summed E-state index contributed by atoms with van der Waals surface area (Å²) in [4.78, 5) is 2.34. The van der Waals surface area contributed by atoms with Crippen molar-refractivity contribution < 1.29 is 0 Å². The maximum absolute atomic E-state index is 4.61. The maximum atomic E-state index is 4.61. The molecule has 1 atom stereocenters. The summed E-state index contributed by atoms with van der Waals surface area (Å²) in [6.07, 6.45) is 2.52. The van der Waals surface area contributed by atoms with Gasteiger partial charge in [-0.3, -0.25) is 0 Å². The molecule has 1 fully saturated rings. The van der Waals surface area contributed by atoms with Gasteiger partial charge in [0.25, 0.3) is 0 Å². The molecule has 4 heteroatoms. The van der Waals surface area contributed by atoms with Crippen molar-refractivity contribution in [2.45, 2.75) is 18.9 Å². The average Bonchev–Trinajstić information content (AvgIpc) is 2.83. The van der Waals surface area contributed by atoms with Crippen molar-refractivity contribution in [2.75, 3.05) is 25.0 Å². The number of likely N-dealkylation sites (N-methyl/N-ethyl adjacent to an activating group) is 1. The van der Waals surface area contributed by atoms with Gasteiger partial charge >= 0.3 is 0 Å². The van der Waals surface area contributed by atoms with Gasteiger partial charge in [-0.1, -0.05) is 12.1 Å². The van der Waals surface area contributed by atoms with Crippen LogP contribution in [0.25, 0.3) is 10.1 Å².